The van der Waals surface area contributed by atoms with E-state index in [9.17, 15) is 12.8 Å². The Balaban J connectivity index is 1.59. The quantitative estimate of drug-likeness (QED) is 0.637. The minimum atomic E-state index is -3.35. The molecule has 2 N–H and O–H groups in total. The summed E-state index contributed by atoms with van der Waals surface area (Å²) in [6, 6.07) is 6.27. The Bertz CT molecular complexity index is 1160. The summed E-state index contributed by atoms with van der Waals surface area (Å²) in [5, 5.41) is 2.93. The minimum Gasteiger partial charge on any atom is -0.378 e. The summed E-state index contributed by atoms with van der Waals surface area (Å²) >= 11 is 0. The Morgan fingerprint density at radius 3 is 2.87 bits per heavy atom. The van der Waals surface area contributed by atoms with Crippen LogP contribution in [0.1, 0.15) is 31.5 Å². The van der Waals surface area contributed by atoms with E-state index in [-0.39, 0.29) is 28.6 Å². The fourth-order valence-electron chi connectivity index (χ4n) is 3.46. The summed E-state index contributed by atoms with van der Waals surface area (Å²) in [6.45, 7) is 2.70. The maximum Gasteiger partial charge on any atom is 0.227 e. The van der Waals surface area contributed by atoms with Crippen LogP contribution in [0.2, 0.25) is 0 Å². The lowest BCUT2D eigenvalue weighted by Gasteiger charge is -2.25. The number of benzene rings is 1. The molecule has 3 aromatic rings. The lowest BCUT2D eigenvalue weighted by atomic mass is 9.96. The normalized spacial score (nSPS) is 19.6. The van der Waals surface area contributed by atoms with Crippen LogP contribution in [0.4, 0.5) is 16.0 Å². The highest BCUT2D eigenvalue weighted by molar-refractivity contribution is 7.90. The number of H-pyrrole nitrogens is 1. The number of ether oxygens (including phenoxy) is 1. The topological polar surface area (TPSA) is 110 Å². The van der Waals surface area contributed by atoms with E-state index >= 15 is 0 Å². The first-order valence-corrected chi connectivity index (χ1v) is 11.5. The number of hydrogen-bond donors (Lipinski definition) is 2. The van der Waals surface area contributed by atoms with Crippen LogP contribution in [0.15, 0.2) is 41.6 Å². The molecule has 1 aliphatic rings. The van der Waals surface area contributed by atoms with Gasteiger partial charge in [0.05, 0.1) is 29.1 Å². The van der Waals surface area contributed by atoms with E-state index in [1.807, 2.05) is 6.92 Å². The molecule has 3 heterocycles. The number of rotatable bonds is 5. The van der Waals surface area contributed by atoms with Gasteiger partial charge in [-0.05, 0) is 38.0 Å². The second-order valence-corrected chi connectivity index (χ2v) is 9.42. The van der Waals surface area contributed by atoms with Crippen molar-refractivity contribution in [1.82, 2.24) is 19.9 Å². The molecule has 0 spiro atoms. The molecule has 8 nitrogen and oxygen atoms in total. The van der Waals surface area contributed by atoms with Gasteiger partial charge in [-0.1, -0.05) is 6.07 Å². The number of halogens is 1. The standard InChI is InChI=1S/C20H22FN5O3S/c1-12-8-13(6-7-29-12)19-22-11-17(25-19)18-16(21)10-23-20(26-18)24-14-4-3-5-15(9-14)30(2,27)28/h3-5,9-13H,6-8H2,1-2H3,(H,22,25)(H,23,24,26). The number of aromatic amines is 1. The third-order valence-corrected chi connectivity index (χ3v) is 6.10. The van der Waals surface area contributed by atoms with Gasteiger partial charge in [0, 0.05) is 24.5 Å². The van der Waals surface area contributed by atoms with Crippen LogP contribution in [-0.2, 0) is 14.6 Å². The molecule has 2 unspecified atom stereocenters. The number of hydrogen-bond acceptors (Lipinski definition) is 7. The number of nitrogens with one attached hydrogen (secondary N) is 2. The van der Waals surface area contributed by atoms with Crippen molar-refractivity contribution < 1.29 is 17.5 Å². The molecule has 0 radical (unpaired) electrons. The Labute approximate surface area is 173 Å². The van der Waals surface area contributed by atoms with Gasteiger partial charge in [-0.3, -0.25) is 0 Å². The van der Waals surface area contributed by atoms with Crippen LogP contribution in [0, 0.1) is 5.82 Å². The van der Waals surface area contributed by atoms with Gasteiger partial charge >= 0.3 is 0 Å². The number of anilines is 2. The summed E-state index contributed by atoms with van der Waals surface area (Å²) < 4.78 is 43.5. The van der Waals surface area contributed by atoms with Crippen molar-refractivity contribution in [3.05, 3.63) is 48.3 Å². The third kappa shape index (κ3) is 4.49. The largest absolute Gasteiger partial charge is 0.378 e. The highest BCUT2D eigenvalue weighted by Gasteiger charge is 2.24. The first-order chi connectivity index (χ1) is 14.3. The first kappa shape index (κ1) is 20.4. The molecular weight excluding hydrogens is 409 g/mol. The average Bonchev–Trinajstić information content (AvgIpc) is 3.19. The third-order valence-electron chi connectivity index (χ3n) is 4.98. The highest BCUT2D eigenvalue weighted by Crippen LogP contribution is 2.30. The molecule has 1 fully saturated rings. The fourth-order valence-corrected chi connectivity index (χ4v) is 4.13. The van der Waals surface area contributed by atoms with Crippen molar-refractivity contribution >= 4 is 21.5 Å². The molecule has 0 amide bonds. The molecule has 1 aliphatic heterocycles. The van der Waals surface area contributed by atoms with Gasteiger partial charge in [0.2, 0.25) is 5.95 Å². The molecule has 0 aliphatic carbocycles. The summed E-state index contributed by atoms with van der Waals surface area (Å²) in [5.41, 5.74) is 1.03. The second kappa shape index (κ2) is 8.11. The zero-order valence-corrected chi connectivity index (χ0v) is 17.4. The van der Waals surface area contributed by atoms with E-state index < -0.39 is 15.7 Å². The van der Waals surface area contributed by atoms with Gasteiger partial charge in [-0.15, -0.1) is 0 Å². The van der Waals surface area contributed by atoms with Gasteiger partial charge in [0.1, 0.15) is 11.5 Å². The Morgan fingerprint density at radius 1 is 1.27 bits per heavy atom. The minimum absolute atomic E-state index is 0.0885. The molecular formula is C20H22FN5O3S. The number of nitrogens with zero attached hydrogens (tertiary/aromatic N) is 3. The van der Waals surface area contributed by atoms with E-state index in [1.54, 1.807) is 18.3 Å². The van der Waals surface area contributed by atoms with E-state index in [2.05, 4.69) is 25.3 Å². The smallest absolute Gasteiger partial charge is 0.227 e. The van der Waals surface area contributed by atoms with Gasteiger partial charge in [-0.2, -0.15) is 0 Å². The lowest BCUT2D eigenvalue weighted by Crippen LogP contribution is -2.22. The molecule has 10 heteroatoms. The lowest BCUT2D eigenvalue weighted by molar-refractivity contribution is 0.0174. The predicted molar refractivity (Wildman–Crippen MR) is 110 cm³/mol. The van der Waals surface area contributed by atoms with Gasteiger partial charge < -0.3 is 15.0 Å². The summed E-state index contributed by atoms with van der Waals surface area (Å²) in [6.07, 6.45) is 5.63. The van der Waals surface area contributed by atoms with Gasteiger partial charge in [-0.25, -0.2) is 27.8 Å². The molecule has 4 rings (SSSR count). The van der Waals surface area contributed by atoms with Crippen LogP contribution in [-0.4, -0.2) is 47.3 Å². The summed E-state index contributed by atoms with van der Waals surface area (Å²) in [5.74, 6) is 0.575. The van der Waals surface area contributed by atoms with Crippen molar-refractivity contribution in [2.45, 2.75) is 36.7 Å². The SMILES string of the molecule is CC1CC(c2ncc(-c3nc(Nc4cccc(S(C)(=O)=O)c4)ncc3F)[nH]2)CCO1. The zero-order valence-electron chi connectivity index (χ0n) is 16.6. The van der Waals surface area contributed by atoms with Crippen LogP contribution in [0.5, 0.6) is 0 Å². The maximum absolute atomic E-state index is 14.4. The van der Waals surface area contributed by atoms with Crippen molar-refractivity contribution in [2.75, 3.05) is 18.2 Å². The average molecular weight is 431 g/mol. The van der Waals surface area contributed by atoms with Crippen LogP contribution in [0.3, 0.4) is 0 Å². The molecule has 1 aromatic carbocycles. The predicted octanol–water partition coefficient (Wildman–Crippen LogP) is 3.44. The van der Waals surface area contributed by atoms with E-state index in [1.165, 1.54) is 12.1 Å². The van der Waals surface area contributed by atoms with Crippen molar-refractivity contribution in [3.63, 3.8) is 0 Å². The maximum atomic E-state index is 14.4. The van der Waals surface area contributed by atoms with Gasteiger partial charge in [0.15, 0.2) is 15.7 Å². The molecule has 0 bridgehead atoms. The molecule has 0 saturated carbocycles. The number of sulfone groups is 1. The molecule has 2 aromatic heterocycles. The fraction of sp³-hybridized carbons (Fsp3) is 0.350. The first-order valence-electron chi connectivity index (χ1n) is 9.56. The highest BCUT2D eigenvalue weighted by atomic mass is 32.2. The van der Waals surface area contributed by atoms with Gasteiger partial charge in [0.25, 0.3) is 0 Å². The Kier molecular flexibility index (Phi) is 5.52. The van der Waals surface area contributed by atoms with Crippen molar-refractivity contribution in [2.24, 2.45) is 0 Å². The Hall–Kier alpha value is -2.85. The van der Waals surface area contributed by atoms with E-state index in [0.29, 0.717) is 18.0 Å². The molecule has 1 saturated heterocycles. The summed E-state index contributed by atoms with van der Waals surface area (Å²) in [4.78, 5) is 16.0. The van der Waals surface area contributed by atoms with Crippen LogP contribution >= 0.6 is 0 Å². The van der Waals surface area contributed by atoms with Crippen molar-refractivity contribution in [1.29, 1.82) is 0 Å². The molecule has 158 valence electrons. The van der Waals surface area contributed by atoms with Crippen molar-refractivity contribution in [3.8, 4) is 11.4 Å². The number of aromatic nitrogens is 4. The molecule has 2 atom stereocenters. The van der Waals surface area contributed by atoms with Crippen LogP contribution in [0.25, 0.3) is 11.4 Å². The zero-order chi connectivity index (χ0) is 21.3. The van der Waals surface area contributed by atoms with E-state index in [0.717, 1.165) is 31.1 Å². The molecule has 30 heavy (non-hydrogen) atoms. The van der Waals surface area contributed by atoms with Crippen LogP contribution < -0.4 is 5.32 Å². The van der Waals surface area contributed by atoms with E-state index in [4.69, 9.17) is 4.74 Å². The summed E-state index contributed by atoms with van der Waals surface area (Å²) in [7, 11) is -3.35. The monoisotopic (exact) mass is 431 g/mol. The Morgan fingerprint density at radius 2 is 2.10 bits per heavy atom. The number of imidazole rings is 1. The second-order valence-electron chi connectivity index (χ2n) is 7.40.